The molecule has 120 valence electrons. The molecule has 0 aliphatic heterocycles. The number of hydrogen-bond acceptors (Lipinski definition) is 2. The molecule has 3 aromatic rings. The number of aromatic nitrogens is 1. The Labute approximate surface area is 139 Å². The molecule has 0 saturated heterocycles. The van der Waals surface area contributed by atoms with Crippen LogP contribution in [-0.4, -0.2) is 16.9 Å². The molecule has 1 aromatic heterocycles. The molecule has 1 aliphatic rings. The summed E-state index contributed by atoms with van der Waals surface area (Å²) >= 11 is 0. The van der Waals surface area contributed by atoms with E-state index >= 15 is 0 Å². The fourth-order valence-electron chi connectivity index (χ4n) is 3.48. The van der Waals surface area contributed by atoms with Gasteiger partial charge in [0.2, 0.25) is 5.56 Å². The lowest BCUT2D eigenvalue weighted by Crippen LogP contribution is -2.39. The molecule has 0 bridgehead atoms. The predicted octanol–water partition coefficient (Wildman–Crippen LogP) is 2.82. The van der Waals surface area contributed by atoms with Gasteiger partial charge in [-0.05, 0) is 36.5 Å². The molecule has 1 heterocycles. The third kappa shape index (κ3) is 2.71. The van der Waals surface area contributed by atoms with Crippen molar-refractivity contribution in [2.24, 2.45) is 0 Å². The zero-order valence-corrected chi connectivity index (χ0v) is 13.2. The summed E-state index contributed by atoms with van der Waals surface area (Å²) in [6.07, 6.45) is 2.73. The molecule has 0 radical (unpaired) electrons. The quantitative estimate of drug-likeness (QED) is 0.763. The van der Waals surface area contributed by atoms with Gasteiger partial charge < -0.3 is 10.3 Å². The monoisotopic (exact) mass is 318 g/mol. The second-order valence-electron chi connectivity index (χ2n) is 6.27. The number of carbonyl (C=O) groups is 1. The highest BCUT2D eigenvalue weighted by molar-refractivity contribution is 6.06. The first-order valence-electron chi connectivity index (χ1n) is 8.20. The van der Waals surface area contributed by atoms with Crippen molar-refractivity contribution in [2.75, 3.05) is 0 Å². The summed E-state index contributed by atoms with van der Waals surface area (Å²) in [5, 5.41) is 3.87. The molecule has 1 atom stereocenters. The molecule has 4 rings (SSSR count). The summed E-state index contributed by atoms with van der Waals surface area (Å²) in [5.74, 6) is -0.179. The van der Waals surface area contributed by atoms with Gasteiger partial charge in [0, 0.05) is 23.0 Å². The van der Waals surface area contributed by atoms with Gasteiger partial charge in [-0.1, -0.05) is 42.5 Å². The summed E-state index contributed by atoms with van der Waals surface area (Å²) < 4.78 is 0. The summed E-state index contributed by atoms with van der Waals surface area (Å²) in [4.78, 5) is 27.3. The van der Waals surface area contributed by atoms with Crippen LogP contribution in [0.25, 0.3) is 10.9 Å². The van der Waals surface area contributed by atoms with Crippen LogP contribution in [0.4, 0.5) is 0 Å². The van der Waals surface area contributed by atoms with Gasteiger partial charge in [0.25, 0.3) is 5.91 Å². The van der Waals surface area contributed by atoms with Gasteiger partial charge in [-0.3, -0.25) is 9.59 Å². The molecular weight excluding hydrogens is 300 g/mol. The standard InChI is InChI=1S/C20H18N2O2/c23-19-12-17(16-7-3-4-8-18(16)22-19)20(24)21-15-10-9-13-5-1-2-6-14(13)11-15/h1-8,12,15H,9-11H2,(H,21,24)(H,22,23). The van der Waals surface area contributed by atoms with Crippen molar-refractivity contribution in [1.29, 1.82) is 0 Å². The molecule has 2 N–H and O–H groups in total. The van der Waals surface area contributed by atoms with Crippen molar-refractivity contribution < 1.29 is 4.79 Å². The van der Waals surface area contributed by atoms with E-state index in [4.69, 9.17) is 0 Å². The molecule has 1 unspecified atom stereocenters. The van der Waals surface area contributed by atoms with Gasteiger partial charge in [-0.2, -0.15) is 0 Å². The molecule has 4 heteroatoms. The molecule has 0 saturated carbocycles. The number of para-hydroxylation sites is 1. The molecule has 4 nitrogen and oxygen atoms in total. The van der Waals surface area contributed by atoms with Crippen molar-refractivity contribution in [1.82, 2.24) is 10.3 Å². The number of nitrogens with one attached hydrogen (secondary N) is 2. The van der Waals surface area contributed by atoms with E-state index < -0.39 is 0 Å². The van der Waals surface area contributed by atoms with Crippen LogP contribution >= 0.6 is 0 Å². The Morgan fingerprint density at radius 1 is 1.04 bits per heavy atom. The SMILES string of the molecule is O=C(NC1CCc2ccccc2C1)c1cc(=O)[nH]c2ccccc12. The van der Waals surface area contributed by atoms with Gasteiger partial charge in [0.15, 0.2) is 0 Å². The van der Waals surface area contributed by atoms with Crippen molar-refractivity contribution in [2.45, 2.75) is 25.3 Å². The minimum atomic E-state index is -0.257. The Hall–Kier alpha value is -2.88. The van der Waals surface area contributed by atoms with E-state index in [0.29, 0.717) is 11.1 Å². The van der Waals surface area contributed by atoms with Crippen LogP contribution in [0, 0.1) is 0 Å². The van der Waals surface area contributed by atoms with E-state index in [1.807, 2.05) is 30.3 Å². The van der Waals surface area contributed by atoms with Gasteiger partial charge in [-0.15, -0.1) is 0 Å². The molecular formula is C20H18N2O2. The first-order chi connectivity index (χ1) is 11.7. The first-order valence-corrected chi connectivity index (χ1v) is 8.20. The molecule has 2 aromatic carbocycles. The van der Waals surface area contributed by atoms with Crippen molar-refractivity contribution in [3.8, 4) is 0 Å². The number of amides is 1. The molecule has 0 spiro atoms. The highest BCUT2D eigenvalue weighted by Crippen LogP contribution is 2.22. The summed E-state index contributed by atoms with van der Waals surface area (Å²) in [7, 11) is 0. The van der Waals surface area contributed by atoms with Gasteiger partial charge in [0.05, 0.1) is 5.56 Å². The highest BCUT2D eigenvalue weighted by Gasteiger charge is 2.21. The second kappa shape index (κ2) is 5.96. The zero-order valence-electron chi connectivity index (χ0n) is 13.2. The lowest BCUT2D eigenvalue weighted by molar-refractivity contribution is 0.0935. The largest absolute Gasteiger partial charge is 0.349 e. The van der Waals surface area contributed by atoms with E-state index in [1.165, 1.54) is 17.2 Å². The molecule has 1 aliphatic carbocycles. The summed E-state index contributed by atoms with van der Waals surface area (Å²) in [6.45, 7) is 0. The zero-order chi connectivity index (χ0) is 16.5. The van der Waals surface area contributed by atoms with Crippen molar-refractivity contribution in [3.63, 3.8) is 0 Å². The number of H-pyrrole nitrogens is 1. The molecule has 24 heavy (non-hydrogen) atoms. The van der Waals surface area contributed by atoms with Crippen LogP contribution in [0.5, 0.6) is 0 Å². The number of aryl methyl sites for hydroxylation is 1. The van der Waals surface area contributed by atoms with Crippen LogP contribution < -0.4 is 10.9 Å². The van der Waals surface area contributed by atoms with Crippen LogP contribution in [0.1, 0.15) is 27.9 Å². The molecule has 0 fully saturated rings. The van der Waals surface area contributed by atoms with Crippen LogP contribution in [0.15, 0.2) is 59.4 Å². The fourth-order valence-corrected chi connectivity index (χ4v) is 3.48. The van der Waals surface area contributed by atoms with Gasteiger partial charge in [0.1, 0.15) is 0 Å². The third-order valence-corrected chi connectivity index (χ3v) is 4.68. The average Bonchev–Trinajstić information content (AvgIpc) is 2.60. The lowest BCUT2D eigenvalue weighted by atomic mass is 9.88. The maximum absolute atomic E-state index is 12.7. The fraction of sp³-hybridized carbons (Fsp3) is 0.200. The Morgan fingerprint density at radius 3 is 2.67 bits per heavy atom. The number of carbonyl (C=O) groups excluding carboxylic acids is 1. The second-order valence-corrected chi connectivity index (χ2v) is 6.27. The number of fused-ring (bicyclic) bond motifs is 2. The Morgan fingerprint density at radius 2 is 1.79 bits per heavy atom. The topological polar surface area (TPSA) is 62.0 Å². The number of aromatic amines is 1. The molecule has 1 amide bonds. The minimum Gasteiger partial charge on any atom is -0.349 e. The maximum atomic E-state index is 12.7. The van der Waals surface area contributed by atoms with Crippen LogP contribution in [-0.2, 0) is 12.8 Å². The van der Waals surface area contributed by atoms with Gasteiger partial charge in [-0.25, -0.2) is 0 Å². The minimum absolute atomic E-state index is 0.102. The number of pyridine rings is 1. The van der Waals surface area contributed by atoms with E-state index in [2.05, 4.69) is 28.5 Å². The number of rotatable bonds is 2. The average molecular weight is 318 g/mol. The third-order valence-electron chi connectivity index (χ3n) is 4.68. The van der Waals surface area contributed by atoms with Gasteiger partial charge >= 0.3 is 0 Å². The van der Waals surface area contributed by atoms with Crippen molar-refractivity contribution >= 4 is 16.8 Å². The normalized spacial score (nSPS) is 16.6. The summed E-state index contributed by atoms with van der Waals surface area (Å²) in [6, 6.07) is 17.2. The van der Waals surface area contributed by atoms with E-state index in [9.17, 15) is 9.59 Å². The van der Waals surface area contributed by atoms with E-state index in [1.54, 1.807) is 0 Å². The smallest absolute Gasteiger partial charge is 0.252 e. The summed E-state index contributed by atoms with van der Waals surface area (Å²) in [5.41, 5.74) is 3.53. The first kappa shape index (κ1) is 14.7. The lowest BCUT2D eigenvalue weighted by Gasteiger charge is -2.25. The van der Waals surface area contributed by atoms with E-state index in [0.717, 1.165) is 24.6 Å². The van der Waals surface area contributed by atoms with Crippen molar-refractivity contribution in [3.05, 3.63) is 81.6 Å². The number of hydrogen-bond donors (Lipinski definition) is 2. The predicted molar refractivity (Wildman–Crippen MR) is 94.3 cm³/mol. The van der Waals surface area contributed by atoms with Crippen LogP contribution in [0.3, 0.4) is 0 Å². The Bertz CT molecular complexity index is 975. The van der Waals surface area contributed by atoms with E-state index in [-0.39, 0.29) is 17.5 Å². The maximum Gasteiger partial charge on any atom is 0.252 e. The van der Waals surface area contributed by atoms with Crippen LogP contribution in [0.2, 0.25) is 0 Å². The highest BCUT2D eigenvalue weighted by atomic mass is 16.2. The number of benzene rings is 2. The Kier molecular flexibility index (Phi) is 3.65. The Balaban J connectivity index is 1.61.